The number of hydrogen-bond acceptors (Lipinski definition) is 2. The average Bonchev–Trinajstić information content (AvgIpc) is 3.11. The Morgan fingerprint density at radius 2 is 1.69 bits per heavy atom. The highest BCUT2D eigenvalue weighted by Crippen LogP contribution is 2.27. The Morgan fingerprint density at radius 1 is 1.04 bits per heavy atom. The van der Waals surface area contributed by atoms with Crippen molar-refractivity contribution in [2.75, 3.05) is 5.32 Å². The maximum Gasteiger partial charge on any atom is 0.257 e. The topological polar surface area (TPSA) is 29.1 Å². The molecule has 2 nitrogen and oxygen atoms in total. The summed E-state index contributed by atoms with van der Waals surface area (Å²) in [6.45, 7) is 6.02. The lowest BCUT2D eigenvalue weighted by Gasteiger charge is -2.14. The van der Waals surface area contributed by atoms with Gasteiger partial charge in [0, 0.05) is 10.6 Å². The smallest absolute Gasteiger partial charge is 0.257 e. The van der Waals surface area contributed by atoms with Crippen LogP contribution in [0.4, 0.5) is 10.1 Å². The standard InChI is InChI=1S/C22H20FNOS/c1-14-11-15(2)21(16(3)12-14)24-22(25)19(20-5-4-10-26-20)13-17-6-8-18(23)9-7-17/h4-13H,1-3H3,(H,24,25). The Balaban J connectivity index is 1.98. The molecule has 1 heterocycles. The summed E-state index contributed by atoms with van der Waals surface area (Å²) < 4.78 is 13.2. The molecule has 1 N–H and O–H groups in total. The van der Waals surface area contributed by atoms with Gasteiger partial charge in [-0.2, -0.15) is 0 Å². The van der Waals surface area contributed by atoms with E-state index >= 15 is 0 Å². The lowest BCUT2D eigenvalue weighted by Crippen LogP contribution is -2.15. The maximum absolute atomic E-state index is 13.2. The summed E-state index contributed by atoms with van der Waals surface area (Å²) in [5.74, 6) is -0.470. The first kappa shape index (κ1) is 18.1. The number of anilines is 1. The third-order valence-corrected chi connectivity index (χ3v) is 5.03. The van der Waals surface area contributed by atoms with Crippen molar-refractivity contribution in [3.8, 4) is 0 Å². The molecule has 0 bridgehead atoms. The Labute approximate surface area is 157 Å². The first-order chi connectivity index (χ1) is 12.4. The fourth-order valence-electron chi connectivity index (χ4n) is 2.96. The number of thiophene rings is 1. The molecule has 2 aromatic carbocycles. The van der Waals surface area contributed by atoms with Gasteiger partial charge in [0.2, 0.25) is 0 Å². The van der Waals surface area contributed by atoms with Crippen LogP contribution in [0, 0.1) is 26.6 Å². The van der Waals surface area contributed by atoms with Gasteiger partial charge in [0.05, 0.1) is 5.57 Å². The van der Waals surface area contributed by atoms with Gasteiger partial charge < -0.3 is 5.32 Å². The molecule has 0 aliphatic heterocycles. The van der Waals surface area contributed by atoms with Crippen LogP contribution in [0.15, 0.2) is 53.9 Å². The molecule has 0 atom stereocenters. The average molecular weight is 365 g/mol. The van der Waals surface area contributed by atoms with E-state index < -0.39 is 0 Å². The minimum absolute atomic E-state index is 0.174. The number of benzene rings is 2. The molecule has 0 radical (unpaired) electrons. The Bertz CT molecular complexity index is 933. The van der Waals surface area contributed by atoms with Crippen molar-refractivity contribution in [1.82, 2.24) is 0 Å². The SMILES string of the molecule is Cc1cc(C)c(NC(=O)C(=Cc2ccc(F)cc2)c2cccs2)c(C)c1. The minimum atomic E-state index is -0.296. The maximum atomic E-state index is 13.2. The Hall–Kier alpha value is -2.72. The Kier molecular flexibility index (Phi) is 5.33. The summed E-state index contributed by atoms with van der Waals surface area (Å²) in [6.07, 6.45) is 1.79. The van der Waals surface area contributed by atoms with Gasteiger partial charge in [0.1, 0.15) is 5.82 Å². The zero-order valence-electron chi connectivity index (χ0n) is 15.0. The van der Waals surface area contributed by atoms with Crippen LogP contribution in [0.3, 0.4) is 0 Å². The molecule has 0 spiro atoms. The van der Waals surface area contributed by atoms with Gasteiger partial charge in [0.25, 0.3) is 5.91 Å². The number of nitrogens with one attached hydrogen (secondary N) is 1. The van der Waals surface area contributed by atoms with Crippen molar-refractivity contribution >= 4 is 34.6 Å². The van der Waals surface area contributed by atoms with Crippen molar-refractivity contribution in [3.63, 3.8) is 0 Å². The molecular formula is C22H20FNOS. The molecule has 3 rings (SSSR count). The zero-order chi connectivity index (χ0) is 18.7. The normalized spacial score (nSPS) is 11.5. The van der Waals surface area contributed by atoms with E-state index in [9.17, 15) is 9.18 Å². The highest BCUT2D eigenvalue weighted by Gasteiger charge is 2.16. The van der Waals surface area contributed by atoms with Crippen molar-refractivity contribution in [1.29, 1.82) is 0 Å². The largest absolute Gasteiger partial charge is 0.321 e. The van der Waals surface area contributed by atoms with Crippen LogP contribution in [-0.4, -0.2) is 5.91 Å². The molecule has 132 valence electrons. The van der Waals surface area contributed by atoms with Crippen LogP contribution in [0.25, 0.3) is 11.6 Å². The van der Waals surface area contributed by atoms with Crippen LogP contribution < -0.4 is 5.32 Å². The van der Waals surface area contributed by atoms with Gasteiger partial charge in [-0.3, -0.25) is 4.79 Å². The van der Waals surface area contributed by atoms with Crippen LogP contribution >= 0.6 is 11.3 Å². The highest BCUT2D eigenvalue weighted by molar-refractivity contribution is 7.11. The van der Waals surface area contributed by atoms with E-state index in [0.717, 1.165) is 27.3 Å². The van der Waals surface area contributed by atoms with Crippen LogP contribution in [-0.2, 0) is 4.79 Å². The van der Waals surface area contributed by atoms with Gasteiger partial charge in [-0.1, -0.05) is 35.9 Å². The number of carbonyl (C=O) groups excluding carboxylic acids is 1. The van der Waals surface area contributed by atoms with Crippen LogP contribution in [0.5, 0.6) is 0 Å². The fraction of sp³-hybridized carbons (Fsp3) is 0.136. The van der Waals surface area contributed by atoms with E-state index in [-0.39, 0.29) is 11.7 Å². The number of hydrogen-bond donors (Lipinski definition) is 1. The number of carbonyl (C=O) groups is 1. The van der Waals surface area contributed by atoms with Crippen molar-refractivity contribution < 1.29 is 9.18 Å². The molecule has 4 heteroatoms. The second-order valence-corrected chi connectivity index (χ2v) is 7.26. The van der Waals surface area contributed by atoms with Crippen LogP contribution in [0.2, 0.25) is 0 Å². The zero-order valence-corrected chi connectivity index (χ0v) is 15.8. The predicted molar refractivity (Wildman–Crippen MR) is 108 cm³/mol. The minimum Gasteiger partial charge on any atom is -0.321 e. The molecule has 0 aliphatic rings. The van der Waals surface area contributed by atoms with Crippen molar-refractivity contribution in [3.05, 3.63) is 86.9 Å². The van der Waals surface area contributed by atoms with E-state index in [2.05, 4.69) is 17.4 Å². The second kappa shape index (κ2) is 7.67. The monoisotopic (exact) mass is 365 g/mol. The molecule has 0 fully saturated rings. The summed E-state index contributed by atoms with van der Waals surface area (Å²) in [7, 11) is 0. The second-order valence-electron chi connectivity index (χ2n) is 6.31. The summed E-state index contributed by atoms with van der Waals surface area (Å²) in [4.78, 5) is 13.9. The van der Waals surface area contributed by atoms with Crippen molar-refractivity contribution in [2.45, 2.75) is 20.8 Å². The molecule has 26 heavy (non-hydrogen) atoms. The first-order valence-corrected chi connectivity index (χ1v) is 9.22. The molecule has 0 unspecified atom stereocenters. The lowest BCUT2D eigenvalue weighted by atomic mass is 10.0. The van der Waals surface area contributed by atoms with E-state index in [4.69, 9.17) is 0 Å². The van der Waals surface area contributed by atoms with Gasteiger partial charge in [-0.15, -0.1) is 11.3 Å². The van der Waals surface area contributed by atoms with Crippen molar-refractivity contribution in [2.24, 2.45) is 0 Å². The third-order valence-electron chi connectivity index (χ3n) is 4.13. The predicted octanol–water partition coefficient (Wildman–Crippen LogP) is 5.99. The number of aryl methyl sites for hydroxylation is 3. The van der Waals surface area contributed by atoms with Gasteiger partial charge in [0.15, 0.2) is 0 Å². The third kappa shape index (κ3) is 4.09. The van der Waals surface area contributed by atoms with Gasteiger partial charge in [-0.05, 0) is 67.1 Å². The van der Waals surface area contributed by atoms with E-state index in [1.807, 2.05) is 38.3 Å². The molecule has 0 saturated heterocycles. The molecule has 0 saturated carbocycles. The summed E-state index contributed by atoms with van der Waals surface area (Å²) in [5, 5.41) is 4.99. The first-order valence-electron chi connectivity index (χ1n) is 8.34. The van der Waals surface area contributed by atoms with E-state index in [0.29, 0.717) is 5.57 Å². The molecule has 3 aromatic rings. The molecule has 1 amide bonds. The van der Waals surface area contributed by atoms with Gasteiger partial charge >= 0.3 is 0 Å². The number of amides is 1. The van der Waals surface area contributed by atoms with Gasteiger partial charge in [-0.25, -0.2) is 4.39 Å². The van der Waals surface area contributed by atoms with Crippen LogP contribution in [0.1, 0.15) is 27.1 Å². The quantitative estimate of drug-likeness (QED) is 0.565. The van der Waals surface area contributed by atoms with E-state index in [1.165, 1.54) is 29.0 Å². The summed E-state index contributed by atoms with van der Waals surface area (Å²) in [5.41, 5.74) is 5.40. The molecular weight excluding hydrogens is 345 g/mol. The molecule has 1 aromatic heterocycles. The lowest BCUT2D eigenvalue weighted by molar-refractivity contribution is -0.111. The summed E-state index contributed by atoms with van der Waals surface area (Å²) >= 11 is 1.50. The highest BCUT2D eigenvalue weighted by atomic mass is 32.1. The Morgan fingerprint density at radius 3 is 2.27 bits per heavy atom. The number of halogens is 1. The van der Waals surface area contributed by atoms with E-state index in [1.54, 1.807) is 18.2 Å². The molecule has 0 aliphatic carbocycles. The number of rotatable bonds is 4. The summed E-state index contributed by atoms with van der Waals surface area (Å²) in [6, 6.07) is 14.0. The fourth-order valence-corrected chi connectivity index (χ4v) is 3.70.